The Morgan fingerprint density at radius 3 is 2.75 bits per heavy atom. The molecular weight excluding hydrogens is 331 g/mol. The molecule has 3 rings (SSSR count). The molecule has 0 spiro atoms. The number of aromatic nitrogens is 3. The molecule has 0 fully saturated rings. The maximum absolute atomic E-state index is 13.0. The van der Waals surface area contributed by atoms with Crippen LogP contribution in [0.25, 0.3) is 11.3 Å². The number of pyridine rings is 1. The van der Waals surface area contributed by atoms with Crippen LogP contribution < -0.4 is 5.32 Å². The first-order chi connectivity index (χ1) is 11.5. The number of halogens is 2. The van der Waals surface area contributed by atoms with Gasteiger partial charge < -0.3 is 5.32 Å². The number of hydrogen-bond donors (Lipinski definition) is 1. The van der Waals surface area contributed by atoms with E-state index in [9.17, 15) is 9.18 Å². The second-order valence-electron chi connectivity index (χ2n) is 5.26. The van der Waals surface area contributed by atoms with Crippen molar-refractivity contribution in [2.75, 3.05) is 0 Å². The molecule has 24 heavy (non-hydrogen) atoms. The average Bonchev–Trinajstić information content (AvgIpc) is 2.99. The molecule has 122 valence electrons. The van der Waals surface area contributed by atoms with E-state index in [1.807, 2.05) is 25.4 Å². The lowest BCUT2D eigenvalue weighted by Gasteiger charge is -2.07. The van der Waals surface area contributed by atoms with Crippen LogP contribution in [0.4, 0.5) is 4.39 Å². The Balaban J connectivity index is 1.65. The highest BCUT2D eigenvalue weighted by atomic mass is 35.5. The van der Waals surface area contributed by atoms with Crippen LogP contribution in [0.15, 0.2) is 48.9 Å². The molecule has 0 aliphatic rings. The fourth-order valence-electron chi connectivity index (χ4n) is 2.20. The van der Waals surface area contributed by atoms with E-state index in [1.165, 1.54) is 12.1 Å². The molecule has 0 saturated carbocycles. The molecule has 0 aliphatic heterocycles. The summed E-state index contributed by atoms with van der Waals surface area (Å²) in [6.07, 6.45) is 5.30. The summed E-state index contributed by atoms with van der Waals surface area (Å²) in [6.45, 7) is 0.298. The van der Waals surface area contributed by atoms with Gasteiger partial charge in [-0.3, -0.25) is 14.5 Å². The van der Waals surface area contributed by atoms with E-state index in [1.54, 1.807) is 17.1 Å². The first kappa shape index (κ1) is 16.1. The SMILES string of the molecule is Cn1cc(-c2ccc(CNC(=O)c3ccc(F)cc3Cl)cn2)cn1. The number of nitrogens with zero attached hydrogens (tertiary/aromatic N) is 3. The smallest absolute Gasteiger partial charge is 0.253 e. The Hall–Kier alpha value is -2.73. The number of nitrogens with one attached hydrogen (secondary N) is 1. The minimum atomic E-state index is -0.480. The number of aryl methyl sites for hydroxylation is 1. The van der Waals surface area contributed by atoms with Crippen molar-refractivity contribution in [3.05, 3.63) is 70.9 Å². The van der Waals surface area contributed by atoms with Crippen LogP contribution in [-0.4, -0.2) is 20.7 Å². The van der Waals surface area contributed by atoms with Gasteiger partial charge >= 0.3 is 0 Å². The third kappa shape index (κ3) is 3.60. The molecule has 0 atom stereocenters. The highest BCUT2D eigenvalue weighted by Gasteiger charge is 2.11. The van der Waals surface area contributed by atoms with Crippen LogP contribution in [-0.2, 0) is 13.6 Å². The van der Waals surface area contributed by atoms with Crippen LogP contribution >= 0.6 is 11.6 Å². The Labute approximate surface area is 143 Å². The van der Waals surface area contributed by atoms with Crippen molar-refractivity contribution in [1.82, 2.24) is 20.1 Å². The van der Waals surface area contributed by atoms with E-state index in [-0.39, 0.29) is 16.5 Å². The summed E-state index contributed by atoms with van der Waals surface area (Å²) in [5, 5.41) is 6.92. The highest BCUT2D eigenvalue weighted by molar-refractivity contribution is 6.33. The standard InChI is InChI=1S/C17H14ClFN4O/c1-23-10-12(9-22-23)16-5-2-11(7-20-16)8-21-17(24)14-4-3-13(19)6-15(14)18/h2-7,9-10H,8H2,1H3,(H,21,24). The fourth-order valence-corrected chi connectivity index (χ4v) is 2.46. The summed E-state index contributed by atoms with van der Waals surface area (Å²) in [6, 6.07) is 7.41. The number of benzene rings is 1. The van der Waals surface area contributed by atoms with Gasteiger partial charge in [0.05, 0.1) is 22.5 Å². The molecule has 0 aliphatic carbocycles. The molecule has 2 aromatic heterocycles. The van der Waals surface area contributed by atoms with Crippen LogP contribution in [0.5, 0.6) is 0 Å². The molecule has 0 bridgehead atoms. The van der Waals surface area contributed by atoms with Gasteiger partial charge in [0.2, 0.25) is 0 Å². The first-order valence-corrected chi connectivity index (χ1v) is 7.58. The summed E-state index contributed by atoms with van der Waals surface area (Å²) in [7, 11) is 1.84. The van der Waals surface area contributed by atoms with Crippen molar-refractivity contribution in [2.45, 2.75) is 6.54 Å². The lowest BCUT2D eigenvalue weighted by molar-refractivity contribution is 0.0951. The Kier molecular flexibility index (Phi) is 4.57. The van der Waals surface area contributed by atoms with Crippen molar-refractivity contribution >= 4 is 17.5 Å². The van der Waals surface area contributed by atoms with Gasteiger partial charge in [-0.2, -0.15) is 5.10 Å². The predicted octanol–water partition coefficient (Wildman–Crippen LogP) is 3.20. The average molecular weight is 345 g/mol. The molecule has 0 saturated heterocycles. The molecule has 0 radical (unpaired) electrons. The van der Waals surface area contributed by atoms with Crippen molar-refractivity contribution in [2.24, 2.45) is 7.05 Å². The maximum Gasteiger partial charge on any atom is 0.253 e. The normalized spacial score (nSPS) is 10.6. The summed E-state index contributed by atoms with van der Waals surface area (Å²) < 4.78 is 14.7. The number of carbonyl (C=O) groups is 1. The van der Waals surface area contributed by atoms with Gasteiger partial charge in [0.25, 0.3) is 5.91 Å². The quantitative estimate of drug-likeness (QED) is 0.790. The third-order valence-electron chi connectivity index (χ3n) is 3.45. The Bertz CT molecular complexity index is 877. The summed E-state index contributed by atoms with van der Waals surface area (Å²) in [4.78, 5) is 16.5. The predicted molar refractivity (Wildman–Crippen MR) is 89.0 cm³/mol. The zero-order chi connectivity index (χ0) is 17.1. The van der Waals surface area contributed by atoms with Crippen molar-refractivity contribution in [3.63, 3.8) is 0 Å². The maximum atomic E-state index is 13.0. The van der Waals surface area contributed by atoms with Crippen LogP contribution in [0.2, 0.25) is 5.02 Å². The third-order valence-corrected chi connectivity index (χ3v) is 3.77. The van der Waals surface area contributed by atoms with E-state index in [0.717, 1.165) is 22.9 Å². The van der Waals surface area contributed by atoms with Crippen molar-refractivity contribution < 1.29 is 9.18 Å². The summed E-state index contributed by atoms with van der Waals surface area (Å²) in [5.41, 5.74) is 2.80. The highest BCUT2D eigenvalue weighted by Crippen LogP contribution is 2.18. The number of rotatable bonds is 4. The second kappa shape index (κ2) is 6.80. The van der Waals surface area contributed by atoms with Gasteiger partial charge in [-0.15, -0.1) is 0 Å². The number of hydrogen-bond acceptors (Lipinski definition) is 3. The van der Waals surface area contributed by atoms with Gasteiger partial charge in [0.15, 0.2) is 0 Å². The summed E-state index contributed by atoms with van der Waals surface area (Å²) in [5.74, 6) is -0.844. The molecule has 1 N–H and O–H groups in total. The van der Waals surface area contributed by atoms with Crippen LogP contribution in [0.3, 0.4) is 0 Å². The molecule has 2 heterocycles. The van der Waals surface area contributed by atoms with Crippen molar-refractivity contribution in [3.8, 4) is 11.3 Å². The largest absolute Gasteiger partial charge is 0.348 e. The molecule has 1 aromatic carbocycles. The lowest BCUT2D eigenvalue weighted by Crippen LogP contribution is -2.23. The zero-order valence-corrected chi connectivity index (χ0v) is 13.6. The van der Waals surface area contributed by atoms with Gasteiger partial charge in [-0.05, 0) is 29.8 Å². The molecule has 3 aromatic rings. The van der Waals surface area contributed by atoms with E-state index in [2.05, 4.69) is 15.4 Å². The minimum absolute atomic E-state index is 0.0811. The van der Waals surface area contributed by atoms with E-state index in [0.29, 0.717) is 6.54 Å². The minimum Gasteiger partial charge on any atom is -0.348 e. The molecular formula is C17H14ClFN4O. The summed E-state index contributed by atoms with van der Waals surface area (Å²) >= 11 is 5.88. The molecule has 5 nitrogen and oxygen atoms in total. The molecule has 1 amide bonds. The second-order valence-corrected chi connectivity index (χ2v) is 5.67. The lowest BCUT2D eigenvalue weighted by atomic mass is 10.2. The Morgan fingerprint density at radius 2 is 2.12 bits per heavy atom. The van der Waals surface area contributed by atoms with Gasteiger partial charge in [-0.1, -0.05) is 17.7 Å². The van der Waals surface area contributed by atoms with Crippen LogP contribution in [0.1, 0.15) is 15.9 Å². The zero-order valence-electron chi connectivity index (χ0n) is 12.8. The van der Waals surface area contributed by atoms with E-state index >= 15 is 0 Å². The van der Waals surface area contributed by atoms with Gasteiger partial charge in [0.1, 0.15) is 5.82 Å². The fraction of sp³-hybridized carbons (Fsp3) is 0.118. The topological polar surface area (TPSA) is 59.8 Å². The van der Waals surface area contributed by atoms with Crippen molar-refractivity contribution in [1.29, 1.82) is 0 Å². The van der Waals surface area contributed by atoms with E-state index < -0.39 is 5.82 Å². The number of amides is 1. The first-order valence-electron chi connectivity index (χ1n) is 7.20. The van der Waals surface area contributed by atoms with E-state index in [4.69, 9.17) is 11.6 Å². The van der Waals surface area contributed by atoms with Gasteiger partial charge in [-0.25, -0.2) is 4.39 Å². The van der Waals surface area contributed by atoms with Crippen LogP contribution in [0, 0.1) is 5.82 Å². The van der Waals surface area contributed by atoms with Gasteiger partial charge in [0, 0.05) is 31.5 Å². The Morgan fingerprint density at radius 1 is 1.29 bits per heavy atom. The molecule has 7 heteroatoms. The monoisotopic (exact) mass is 344 g/mol. The number of carbonyl (C=O) groups excluding carboxylic acids is 1. The molecule has 0 unspecified atom stereocenters.